The molecule has 2 aromatic rings. The molecular weight excluding hydrogens is 339 g/mol. The molecule has 0 spiro atoms. The molecule has 9 heteroatoms. The summed E-state index contributed by atoms with van der Waals surface area (Å²) >= 11 is 12.0. The van der Waals surface area contributed by atoms with Crippen molar-refractivity contribution in [1.82, 2.24) is 15.2 Å². The third-order valence-corrected chi connectivity index (χ3v) is 3.99. The normalized spacial score (nSPS) is 16.4. The van der Waals surface area contributed by atoms with Crippen molar-refractivity contribution in [2.45, 2.75) is 6.04 Å². The van der Waals surface area contributed by atoms with Crippen molar-refractivity contribution in [2.75, 3.05) is 43.1 Å². The second-order valence-corrected chi connectivity index (χ2v) is 6.08. The fourth-order valence-electron chi connectivity index (χ4n) is 2.40. The van der Waals surface area contributed by atoms with Crippen LogP contribution in [-0.2, 0) is 4.74 Å². The number of anilines is 2. The molecule has 124 valence electrons. The minimum Gasteiger partial charge on any atom is -0.378 e. The Hall–Kier alpha value is -1.54. The van der Waals surface area contributed by atoms with Crippen LogP contribution in [0.1, 0.15) is 11.9 Å². The number of halogens is 2. The van der Waals surface area contributed by atoms with Gasteiger partial charge in [0.2, 0.25) is 5.95 Å². The Morgan fingerprint density at radius 2 is 1.96 bits per heavy atom. The number of nitrogens with two attached hydrogens (primary N) is 1. The van der Waals surface area contributed by atoms with E-state index in [1.807, 2.05) is 0 Å². The minimum atomic E-state index is -0.216. The van der Waals surface area contributed by atoms with Gasteiger partial charge < -0.3 is 20.7 Å². The number of H-pyrrole nitrogens is 1. The highest BCUT2D eigenvalue weighted by atomic mass is 35.5. The van der Waals surface area contributed by atoms with E-state index in [1.165, 1.54) is 0 Å². The second kappa shape index (κ2) is 7.35. The van der Waals surface area contributed by atoms with Gasteiger partial charge in [0, 0.05) is 35.4 Å². The first-order valence-electron chi connectivity index (χ1n) is 7.33. The van der Waals surface area contributed by atoms with Crippen LogP contribution in [0.4, 0.5) is 11.6 Å². The highest BCUT2D eigenvalue weighted by molar-refractivity contribution is 6.35. The van der Waals surface area contributed by atoms with E-state index in [2.05, 4.69) is 25.4 Å². The Kier molecular flexibility index (Phi) is 5.22. The first-order chi connectivity index (χ1) is 11.2. The fourth-order valence-corrected chi connectivity index (χ4v) is 2.93. The summed E-state index contributed by atoms with van der Waals surface area (Å²) in [6, 6.07) is 5.04. The topological polar surface area (TPSA) is 92.1 Å². The summed E-state index contributed by atoms with van der Waals surface area (Å²) in [4.78, 5) is 6.62. The van der Waals surface area contributed by atoms with Gasteiger partial charge in [0.25, 0.3) is 0 Å². The standard InChI is InChI=1S/C14H18Cl2N6O/c15-9-5-10(16)7-11(6-9)18-12(8-17)13-19-14(21-20-13)22-1-3-23-4-2-22/h5-7,12,18H,1-4,8,17H2,(H,19,20,21). The molecule has 1 saturated heterocycles. The molecule has 1 aromatic carbocycles. The third kappa shape index (κ3) is 4.06. The van der Waals surface area contributed by atoms with Crippen molar-refractivity contribution >= 4 is 34.8 Å². The summed E-state index contributed by atoms with van der Waals surface area (Å²) < 4.78 is 5.33. The third-order valence-electron chi connectivity index (χ3n) is 3.55. The van der Waals surface area contributed by atoms with Gasteiger partial charge in [0.1, 0.15) is 5.82 Å². The van der Waals surface area contributed by atoms with E-state index >= 15 is 0 Å². The van der Waals surface area contributed by atoms with E-state index in [1.54, 1.807) is 18.2 Å². The number of morpholine rings is 1. The molecule has 1 aromatic heterocycles. The first-order valence-corrected chi connectivity index (χ1v) is 8.09. The van der Waals surface area contributed by atoms with E-state index in [4.69, 9.17) is 33.7 Å². The maximum atomic E-state index is 6.02. The van der Waals surface area contributed by atoms with Crippen molar-refractivity contribution < 1.29 is 4.74 Å². The molecule has 0 aliphatic carbocycles. The molecule has 23 heavy (non-hydrogen) atoms. The Bertz CT molecular complexity index is 638. The van der Waals surface area contributed by atoms with Crippen LogP contribution in [0.3, 0.4) is 0 Å². The number of hydrogen-bond acceptors (Lipinski definition) is 6. The lowest BCUT2D eigenvalue weighted by Crippen LogP contribution is -2.37. The highest BCUT2D eigenvalue weighted by Gasteiger charge is 2.19. The summed E-state index contributed by atoms with van der Waals surface area (Å²) in [6.45, 7) is 3.28. The Morgan fingerprint density at radius 3 is 2.61 bits per heavy atom. The van der Waals surface area contributed by atoms with E-state index in [9.17, 15) is 0 Å². The minimum absolute atomic E-state index is 0.216. The van der Waals surface area contributed by atoms with Crippen molar-refractivity contribution in [3.8, 4) is 0 Å². The molecule has 4 N–H and O–H groups in total. The van der Waals surface area contributed by atoms with Crippen LogP contribution >= 0.6 is 23.2 Å². The SMILES string of the molecule is NCC(Nc1cc(Cl)cc(Cl)c1)c1nc(N2CCOCC2)n[nH]1. The number of benzene rings is 1. The average Bonchev–Trinajstić information content (AvgIpc) is 3.02. The molecule has 2 heterocycles. The summed E-state index contributed by atoms with van der Waals surface area (Å²) in [5.74, 6) is 1.33. The number of rotatable bonds is 5. The average molecular weight is 357 g/mol. The molecule has 7 nitrogen and oxygen atoms in total. The van der Waals surface area contributed by atoms with Crippen LogP contribution in [0.5, 0.6) is 0 Å². The Labute approximate surface area is 144 Å². The smallest absolute Gasteiger partial charge is 0.244 e. The van der Waals surface area contributed by atoms with Gasteiger partial charge in [-0.3, -0.25) is 5.10 Å². The fraction of sp³-hybridized carbons (Fsp3) is 0.429. The van der Waals surface area contributed by atoms with Crippen molar-refractivity contribution in [1.29, 1.82) is 0 Å². The largest absolute Gasteiger partial charge is 0.378 e. The number of ether oxygens (including phenoxy) is 1. The second-order valence-electron chi connectivity index (χ2n) is 5.21. The lowest BCUT2D eigenvalue weighted by molar-refractivity contribution is 0.122. The molecule has 1 aliphatic heterocycles. The maximum absolute atomic E-state index is 6.02. The number of aromatic amines is 1. The maximum Gasteiger partial charge on any atom is 0.244 e. The van der Waals surface area contributed by atoms with Crippen LogP contribution in [0, 0.1) is 0 Å². The first kappa shape index (κ1) is 16.3. The van der Waals surface area contributed by atoms with Crippen molar-refractivity contribution in [3.05, 3.63) is 34.1 Å². The highest BCUT2D eigenvalue weighted by Crippen LogP contribution is 2.25. The van der Waals surface area contributed by atoms with Crippen LogP contribution in [0.15, 0.2) is 18.2 Å². The lowest BCUT2D eigenvalue weighted by atomic mass is 10.2. The summed E-state index contributed by atoms with van der Waals surface area (Å²) in [7, 11) is 0. The number of aromatic nitrogens is 3. The van der Waals surface area contributed by atoms with Crippen LogP contribution < -0.4 is 16.0 Å². The zero-order valence-electron chi connectivity index (χ0n) is 12.4. The molecular formula is C14H18Cl2N6O. The lowest BCUT2D eigenvalue weighted by Gasteiger charge is -2.25. The molecule has 0 amide bonds. The van der Waals surface area contributed by atoms with Crippen molar-refractivity contribution in [3.63, 3.8) is 0 Å². The van der Waals surface area contributed by atoms with E-state index < -0.39 is 0 Å². The molecule has 1 aliphatic rings. The number of hydrogen-bond donors (Lipinski definition) is 3. The molecule has 3 rings (SSSR count). The Morgan fingerprint density at radius 1 is 1.26 bits per heavy atom. The molecule has 1 fully saturated rings. The quantitative estimate of drug-likeness (QED) is 0.759. The van der Waals surface area contributed by atoms with Gasteiger partial charge in [-0.15, -0.1) is 5.10 Å². The van der Waals surface area contributed by atoms with Gasteiger partial charge in [0.05, 0.1) is 19.3 Å². The van der Waals surface area contributed by atoms with Crippen molar-refractivity contribution in [2.24, 2.45) is 5.73 Å². The van der Waals surface area contributed by atoms with Gasteiger partial charge >= 0.3 is 0 Å². The molecule has 0 bridgehead atoms. The van der Waals surface area contributed by atoms with Gasteiger partial charge in [0.15, 0.2) is 0 Å². The number of nitrogens with zero attached hydrogens (tertiary/aromatic N) is 3. The molecule has 1 unspecified atom stereocenters. The van der Waals surface area contributed by atoms with Crippen LogP contribution in [0.2, 0.25) is 10.0 Å². The predicted molar refractivity (Wildman–Crippen MR) is 91.3 cm³/mol. The summed E-state index contributed by atoms with van der Waals surface area (Å²) in [5, 5.41) is 11.6. The summed E-state index contributed by atoms with van der Waals surface area (Å²) in [5.41, 5.74) is 6.65. The predicted octanol–water partition coefficient (Wildman–Crippen LogP) is 2.06. The zero-order chi connectivity index (χ0) is 16.2. The zero-order valence-corrected chi connectivity index (χ0v) is 13.9. The number of nitrogens with one attached hydrogen (secondary N) is 2. The van der Waals surface area contributed by atoms with E-state index in [0.29, 0.717) is 41.6 Å². The molecule has 0 radical (unpaired) electrons. The van der Waals surface area contributed by atoms with E-state index in [0.717, 1.165) is 18.8 Å². The Balaban J connectivity index is 1.74. The van der Waals surface area contributed by atoms with Gasteiger partial charge in [-0.25, -0.2) is 0 Å². The van der Waals surface area contributed by atoms with Gasteiger partial charge in [-0.2, -0.15) is 4.98 Å². The van der Waals surface area contributed by atoms with E-state index in [-0.39, 0.29) is 6.04 Å². The summed E-state index contributed by atoms with van der Waals surface area (Å²) in [6.07, 6.45) is 0. The molecule has 0 saturated carbocycles. The monoisotopic (exact) mass is 356 g/mol. The molecule has 1 atom stereocenters. The van der Waals surface area contributed by atoms with Crippen LogP contribution in [0.25, 0.3) is 0 Å². The van der Waals surface area contributed by atoms with Gasteiger partial charge in [-0.1, -0.05) is 23.2 Å². The van der Waals surface area contributed by atoms with Gasteiger partial charge in [-0.05, 0) is 18.2 Å². The van der Waals surface area contributed by atoms with Crippen LogP contribution in [-0.4, -0.2) is 48.0 Å².